The third-order valence-corrected chi connectivity index (χ3v) is 7.25. The summed E-state index contributed by atoms with van der Waals surface area (Å²) in [5.41, 5.74) is 4.84. The number of amides is 1. The smallest absolute Gasteiger partial charge is 0.239 e. The molecule has 2 aliphatic rings. The maximum atomic E-state index is 13.9. The van der Waals surface area contributed by atoms with Crippen LogP contribution in [0.4, 0.5) is 11.4 Å². The van der Waals surface area contributed by atoms with Crippen LogP contribution in [0.2, 0.25) is 0 Å². The van der Waals surface area contributed by atoms with Crippen molar-refractivity contribution in [3.63, 3.8) is 0 Å². The number of carbonyl (C=O) groups excluding carboxylic acids is 2. The summed E-state index contributed by atoms with van der Waals surface area (Å²) in [5, 5.41) is 6.60. The second-order valence-corrected chi connectivity index (χ2v) is 10.8. The van der Waals surface area contributed by atoms with Gasteiger partial charge in [0.1, 0.15) is 0 Å². The first-order valence-corrected chi connectivity index (χ1v) is 13.1. The zero-order valence-corrected chi connectivity index (χ0v) is 22.8. The van der Waals surface area contributed by atoms with Crippen LogP contribution in [0, 0.1) is 5.41 Å². The fourth-order valence-corrected chi connectivity index (χ4v) is 5.51. The molecule has 2 aromatic carbocycles. The summed E-state index contributed by atoms with van der Waals surface area (Å²) in [6, 6.07) is 16.8. The van der Waals surface area contributed by atoms with Crippen molar-refractivity contribution in [3.8, 4) is 11.5 Å². The molecule has 1 aliphatic heterocycles. The molecule has 1 atom stereocenters. The fraction of sp³-hybridized carbons (Fsp3) is 0.323. The van der Waals surface area contributed by atoms with Crippen molar-refractivity contribution >= 4 is 23.1 Å². The van der Waals surface area contributed by atoms with E-state index in [0.717, 1.165) is 28.2 Å². The number of rotatable bonds is 7. The highest BCUT2D eigenvalue weighted by molar-refractivity contribution is 6.02. The number of nitrogens with one attached hydrogen (secondary N) is 2. The highest BCUT2D eigenvalue weighted by Crippen LogP contribution is 2.49. The maximum absolute atomic E-state index is 13.9. The molecule has 1 aromatic heterocycles. The Bertz CT molecular complexity index is 1420. The molecule has 0 saturated heterocycles. The van der Waals surface area contributed by atoms with Crippen molar-refractivity contribution in [2.75, 3.05) is 31.0 Å². The van der Waals surface area contributed by atoms with Gasteiger partial charge in [-0.05, 0) is 53.3 Å². The molecule has 0 fully saturated rings. The van der Waals surface area contributed by atoms with E-state index in [1.807, 2.05) is 59.5 Å². The number of carbonyl (C=O) groups is 2. The Morgan fingerprint density at radius 1 is 1.08 bits per heavy atom. The molecule has 202 valence electrons. The zero-order valence-electron chi connectivity index (χ0n) is 22.8. The van der Waals surface area contributed by atoms with Gasteiger partial charge in [-0.1, -0.05) is 38.1 Å². The zero-order chi connectivity index (χ0) is 27.6. The molecule has 1 amide bonds. The molecule has 2 N–H and O–H groups in total. The number of aromatic nitrogens is 1. The fourth-order valence-electron chi connectivity index (χ4n) is 5.51. The van der Waals surface area contributed by atoms with Gasteiger partial charge in [-0.3, -0.25) is 14.6 Å². The van der Waals surface area contributed by atoms with Crippen LogP contribution in [0.3, 0.4) is 0 Å². The first-order chi connectivity index (χ1) is 18.8. The van der Waals surface area contributed by atoms with Crippen LogP contribution in [-0.2, 0) is 16.1 Å². The third kappa shape index (κ3) is 5.46. The second kappa shape index (κ2) is 10.8. The first-order valence-electron chi connectivity index (χ1n) is 13.1. The number of para-hydroxylation sites is 2. The number of benzene rings is 2. The quantitative estimate of drug-likeness (QED) is 0.446. The van der Waals surface area contributed by atoms with Gasteiger partial charge in [-0.25, -0.2) is 0 Å². The first kappa shape index (κ1) is 26.3. The number of allylic oxidation sites excluding steroid dienone is 1. The summed E-state index contributed by atoms with van der Waals surface area (Å²) >= 11 is 0. The lowest BCUT2D eigenvalue weighted by atomic mass is 9.73. The molecule has 8 nitrogen and oxygen atoms in total. The largest absolute Gasteiger partial charge is 0.493 e. The van der Waals surface area contributed by atoms with Crippen LogP contribution in [0.1, 0.15) is 43.9 Å². The number of hydrogen-bond donors (Lipinski definition) is 2. The van der Waals surface area contributed by atoms with Crippen molar-refractivity contribution < 1.29 is 19.1 Å². The number of pyridine rings is 1. The summed E-state index contributed by atoms with van der Waals surface area (Å²) in [7, 11) is 3.18. The molecule has 0 bridgehead atoms. The van der Waals surface area contributed by atoms with E-state index in [-0.39, 0.29) is 23.7 Å². The van der Waals surface area contributed by atoms with Gasteiger partial charge in [0.25, 0.3) is 0 Å². The lowest BCUT2D eigenvalue weighted by Gasteiger charge is -2.38. The van der Waals surface area contributed by atoms with Gasteiger partial charge in [-0.15, -0.1) is 0 Å². The van der Waals surface area contributed by atoms with Crippen molar-refractivity contribution in [2.45, 2.75) is 39.3 Å². The number of fused-ring (bicyclic) bond motifs is 1. The summed E-state index contributed by atoms with van der Waals surface area (Å²) in [4.78, 5) is 33.4. The monoisotopic (exact) mass is 526 g/mol. The molecule has 3 aromatic rings. The molecule has 0 saturated carbocycles. The predicted octanol–water partition coefficient (Wildman–Crippen LogP) is 5.03. The van der Waals surface area contributed by atoms with Crippen LogP contribution in [-0.4, -0.2) is 37.4 Å². The molecule has 0 spiro atoms. The third-order valence-electron chi connectivity index (χ3n) is 7.25. The van der Waals surface area contributed by atoms with E-state index in [2.05, 4.69) is 29.5 Å². The van der Waals surface area contributed by atoms with Crippen molar-refractivity contribution in [2.24, 2.45) is 5.41 Å². The van der Waals surface area contributed by atoms with Crippen molar-refractivity contribution in [1.82, 2.24) is 10.3 Å². The standard InChI is InChI=1S/C31H34N4O4/c1-31(2)15-23-29(25(36)16-31)30(21-11-12-26(38-3)27(14-21)39-4)35(24-10-6-5-9-22(24)34-23)19-28(37)33-18-20-8-7-13-32-17-20/h5-14,17,30,34H,15-16,18-19H2,1-4H3,(H,33,37). The van der Waals surface area contributed by atoms with E-state index < -0.39 is 6.04 Å². The molecular weight excluding hydrogens is 492 g/mol. The Morgan fingerprint density at radius 3 is 2.62 bits per heavy atom. The van der Waals surface area contributed by atoms with E-state index in [1.165, 1.54) is 0 Å². The minimum absolute atomic E-state index is 0.0470. The Kier molecular flexibility index (Phi) is 7.28. The lowest BCUT2D eigenvalue weighted by molar-refractivity contribution is -0.120. The Balaban J connectivity index is 1.62. The Labute approximate surface area is 229 Å². The minimum atomic E-state index is -0.510. The van der Waals surface area contributed by atoms with E-state index in [0.29, 0.717) is 36.5 Å². The van der Waals surface area contributed by atoms with Gasteiger partial charge < -0.3 is 25.0 Å². The van der Waals surface area contributed by atoms with Crippen LogP contribution >= 0.6 is 0 Å². The van der Waals surface area contributed by atoms with Gasteiger partial charge in [0, 0.05) is 36.6 Å². The molecule has 1 aliphatic carbocycles. The average Bonchev–Trinajstić information content (AvgIpc) is 3.06. The molecule has 1 unspecified atom stereocenters. The molecular formula is C31H34N4O4. The molecule has 8 heteroatoms. The summed E-state index contributed by atoms with van der Waals surface area (Å²) in [6.45, 7) is 4.64. The summed E-state index contributed by atoms with van der Waals surface area (Å²) in [6.07, 6.45) is 4.58. The number of methoxy groups -OCH3 is 2. The number of Topliss-reactive ketones (excluding diaryl/α,β-unsaturated/α-hetero) is 1. The van der Waals surface area contributed by atoms with Gasteiger partial charge in [0.2, 0.25) is 5.91 Å². The highest BCUT2D eigenvalue weighted by Gasteiger charge is 2.42. The average molecular weight is 527 g/mol. The molecule has 2 heterocycles. The lowest BCUT2D eigenvalue weighted by Crippen LogP contribution is -2.41. The van der Waals surface area contributed by atoms with Crippen LogP contribution in [0.25, 0.3) is 0 Å². The van der Waals surface area contributed by atoms with Crippen molar-refractivity contribution in [1.29, 1.82) is 0 Å². The van der Waals surface area contributed by atoms with E-state index in [9.17, 15) is 9.59 Å². The van der Waals surface area contributed by atoms with Crippen LogP contribution in [0.5, 0.6) is 11.5 Å². The number of hydrogen-bond acceptors (Lipinski definition) is 7. The van der Waals surface area contributed by atoms with Gasteiger partial charge >= 0.3 is 0 Å². The second-order valence-electron chi connectivity index (χ2n) is 10.8. The summed E-state index contributed by atoms with van der Waals surface area (Å²) < 4.78 is 11.1. The van der Waals surface area contributed by atoms with E-state index >= 15 is 0 Å². The predicted molar refractivity (Wildman–Crippen MR) is 151 cm³/mol. The number of ketones is 1. The number of ether oxygens (including phenoxy) is 2. The van der Waals surface area contributed by atoms with Crippen molar-refractivity contribution in [3.05, 3.63) is 89.4 Å². The maximum Gasteiger partial charge on any atom is 0.239 e. The number of nitrogens with zero attached hydrogens (tertiary/aromatic N) is 2. The summed E-state index contributed by atoms with van der Waals surface area (Å²) in [5.74, 6) is 1.07. The van der Waals surface area contributed by atoms with Gasteiger partial charge in [0.05, 0.1) is 38.2 Å². The number of anilines is 2. The normalized spacial score (nSPS) is 17.9. The highest BCUT2D eigenvalue weighted by atomic mass is 16.5. The van der Waals surface area contributed by atoms with Crippen LogP contribution in [0.15, 0.2) is 78.3 Å². The molecule has 39 heavy (non-hydrogen) atoms. The Morgan fingerprint density at radius 2 is 1.87 bits per heavy atom. The minimum Gasteiger partial charge on any atom is -0.493 e. The molecule has 5 rings (SSSR count). The van der Waals surface area contributed by atoms with Gasteiger partial charge in [-0.2, -0.15) is 0 Å². The van der Waals surface area contributed by atoms with E-state index in [1.54, 1.807) is 26.6 Å². The van der Waals surface area contributed by atoms with Gasteiger partial charge in [0.15, 0.2) is 17.3 Å². The van der Waals surface area contributed by atoms with E-state index in [4.69, 9.17) is 9.47 Å². The Hall–Kier alpha value is -4.33. The molecule has 0 radical (unpaired) electrons. The topological polar surface area (TPSA) is 92.8 Å². The van der Waals surface area contributed by atoms with Crippen LogP contribution < -0.4 is 25.0 Å². The SMILES string of the molecule is COc1ccc(C2C3=C(CC(C)(C)CC3=O)Nc3ccccc3N2CC(=O)NCc2cccnc2)cc1OC.